The van der Waals surface area contributed by atoms with E-state index in [-0.39, 0.29) is 0 Å². The lowest BCUT2D eigenvalue weighted by atomic mass is 10.0. The second-order valence-electron chi connectivity index (χ2n) is 5.44. The first-order chi connectivity index (χ1) is 10.2. The van der Waals surface area contributed by atoms with E-state index in [0.717, 1.165) is 37.2 Å². The number of anilines is 2. The molecule has 0 atom stereocenters. The number of hydrogen-bond donors (Lipinski definition) is 1. The fraction of sp³-hybridized carbons (Fsp3) is 0.375. The zero-order valence-corrected chi connectivity index (χ0v) is 12.8. The molecule has 0 bridgehead atoms. The van der Waals surface area contributed by atoms with Crippen LogP contribution in [0.15, 0.2) is 36.8 Å². The highest BCUT2D eigenvalue weighted by atomic mass is 35.5. The molecule has 3 rings (SSSR count). The normalized spacial score (nSPS) is 16.0. The number of pyridine rings is 2. The molecule has 2 aromatic rings. The molecule has 110 valence electrons. The first-order valence-electron chi connectivity index (χ1n) is 7.26. The smallest absolute Gasteiger partial charge is 0.132 e. The lowest BCUT2D eigenvalue weighted by Gasteiger charge is -2.34. The molecule has 1 N–H and O–H groups in total. The molecule has 1 fully saturated rings. The minimum absolute atomic E-state index is 0.491. The van der Waals surface area contributed by atoms with E-state index in [1.165, 1.54) is 5.69 Å². The number of aryl methyl sites for hydroxylation is 1. The van der Waals surface area contributed by atoms with Gasteiger partial charge < -0.3 is 10.2 Å². The van der Waals surface area contributed by atoms with Gasteiger partial charge in [-0.05, 0) is 43.5 Å². The van der Waals surface area contributed by atoms with E-state index in [0.29, 0.717) is 11.2 Å². The van der Waals surface area contributed by atoms with Crippen molar-refractivity contribution >= 4 is 23.0 Å². The topological polar surface area (TPSA) is 41.0 Å². The summed E-state index contributed by atoms with van der Waals surface area (Å²) in [6.45, 7) is 4.09. The van der Waals surface area contributed by atoms with Gasteiger partial charge in [-0.2, -0.15) is 0 Å². The van der Waals surface area contributed by atoms with Crippen molar-refractivity contribution < 1.29 is 0 Å². The van der Waals surface area contributed by atoms with E-state index in [1.54, 1.807) is 0 Å². The van der Waals surface area contributed by atoms with Crippen LogP contribution in [-0.2, 0) is 0 Å². The van der Waals surface area contributed by atoms with Gasteiger partial charge in [0.05, 0.1) is 11.9 Å². The van der Waals surface area contributed by atoms with Crippen molar-refractivity contribution in [2.24, 2.45) is 0 Å². The number of piperidine rings is 1. The van der Waals surface area contributed by atoms with Crippen molar-refractivity contribution in [2.45, 2.75) is 25.8 Å². The van der Waals surface area contributed by atoms with Gasteiger partial charge in [0.25, 0.3) is 0 Å². The summed E-state index contributed by atoms with van der Waals surface area (Å²) in [5.41, 5.74) is 3.32. The summed E-state index contributed by atoms with van der Waals surface area (Å²) in [5, 5.41) is 4.14. The minimum Gasteiger partial charge on any atom is -0.381 e. The van der Waals surface area contributed by atoms with E-state index >= 15 is 0 Å². The van der Waals surface area contributed by atoms with Crippen molar-refractivity contribution in [1.29, 1.82) is 0 Å². The van der Waals surface area contributed by atoms with Gasteiger partial charge in [0.2, 0.25) is 0 Å². The monoisotopic (exact) mass is 302 g/mol. The number of rotatable bonds is 3. The van der Waals surface area contributed by atoms with Gasteiger partial charge in [-0.1, -0.05) is 11.6 Å². The Bertz CT molecular complexity index is 594. The number of hydrogen-bond acceptors (Lipinski definition) is 4. The van der Waals surface area contributed by atoms with E-state index in [2.05, 4.69) is 38.4 Å². The summed E-state index contributed by atoms with van der Waals surface area (Å²) in [7, 11) is 0. The Kier molecular flexibility index (Phi) is 4.25. The van der Waals surface area contributed by atoms with Gasteiger partial charge in [0.1, 0.15) is 5.15 Å². The average Bonchev–Trinajstić information content (AvgIpc) is 2.53. The Morgan fingerprint density at radius 2 is 1.95 bits per heavy atom. The molecular formula is C16H19ClN4. The van der Waals surface area contributed by atoms with Crippen LogP contribution in [0, 0.1) is 6.92 Å². The molecule has 0 radical (unpaired) electrons. The number of nitrogens with one attached hydrogen (secondary N) is 1. The van der Waals surface area contributed by atoms with Crippen LogP contribution >= 0.6 is 11.6 Å². The average molecular weight is 303 g/mol. The van der Waals surface area contributed by atoms with E-state index in [4.69, 9.17) is 11.6 Å². The maximum Gasteiger partial charge on any atom is 0.132 e. The number of aromatic nitrogens is 2. The highest BCUT2D eigenvalue weighted by Gasteiger charge is 2.19. The van der Waals surface area contributed by atoms with Crippen molar-refractivity contribution in [3.05, 3.63) is 47.5 Å². The molecule has 21 heavy (non-hydrogen) atoms. The fourth-order valence-electron chi connectivity index (χ4n) is 2.71. The molecule has 0 spiro atoms. The quantitative estimate of drug-likeness (QED) is 0.881. The van der Waals surface area contributed by atoms with Gasteiger partial charge in [0, 0.05) is 37.2 Å². The maximum atomic E-state index is 5.96. The predicted molar refractivity (Wildman–Crippen MR) is 87.1 cm³/mol. The highest BCUT2D eigenvalue weighted by Crippen LogP contribution is 2.22. The van der Waals surface area contributed by atoms with E-state index in [1.807, 2.05) is 25.5 Å². The van der Waals surface area contributed by atoms with Crippen molar-refractivity contribution in [1.82, 2.24) is 9.97 Å². The van der Waals surface area contributed by atoms with Gasteiger partial charge in [-0.25, -0.2) is 4.98 Å². The molecule has 3 heterocycles. The summed E-state index contributed by atoms with van der Waals surface area (Å²) in [4.78, 5) is 10.7. The first kappa shape index (κ1) is 14.1. The van der Waals surface area contributed by atoms with Crippen LogP contribution in [0.4, 0.5) is 11.4 Å². The summed E-state index contributed by atoms with van der Waals surface area (Å²) < 4.78 is 0. The van der Waals surface area contributed by atoms with E-state index in [9.17, 15) is 0 Å². The van der Waals surface area contributed by atoms with Crippen molar-refractivity contribution in [2.75, 3.05) is 23.3 Å². The zero-order valence-electron chi connectivity index (χ0n) is 12.1. The van der Waals surface area contributed by atoms with Crippen LogP contribution in [0.5, 0.6) is 0 Å². The van der Waals surface area contributed by atoms with Crippen LogP contribution in [-0.4, -0.2) is 29.1 Å². The standard InChI is InChI=1S/C16H19ClN4/c1-12-10-14(11-19-16(12)17)20-13-4-8-21(9-5-13)15-2-6-18-7-3-15/h2-3,6-7,10-11,13,20H,4-5,8-9H2,1H3. The fourth-order valence-corrected chi connectivity index (χ4v) is 2.81. The molecule has 0 unspecified atom stereocenters. The molecule has 0 saturated carbocycles. The van der Waals surface area contributed by atoms with Crippen LogP contribution in [0.3, 0.4) is 0 Å². The molecule has 1 aliphatic rings. The van der Waals surface area contributed by atoms with Crippen LogP contribution in [0.1, 0.15) is 18.4 Å². The Labute approximate surface area is 130 Å². The number of nitrogens with zero attached hydrogens (tertiary/aromatic N) is 3. The third-order valence-electron chi connectivity index (χ3n) is 3.91. The van der Waals surface area contributed by atoms with Gasteiger partial charge in [0.15, 0.2) is 0 Å². The van der Waals surface area contributed by atoms with Gasteiger partial charge in [-0.3, -0.25) is 4.98 Å². The maximum absolute atomic E-state index is 5.96. The lowest BCUT2D eigenvalue weighted by Crippen LogP contribution is -2.39. The second-order valence-corrected chi connectivity index (χ2v) is 5.80. The van der Waals surface area contributed by atoms with E-state index < -0.39 is 0 Å². The summed E-state index contributed by atoms with van der Waals surface area (Å²) in [6, 6.07) is 6.69. The van der Waals surface area contributed by atoms with Crippen LogP contribution in [0.2, 0.25) is 5.15 Å². The molecule has 5 heteroatoms. The SMILES string of the molecule is Cc1cc(NC2CCN(c3ccncc3)CC2)cnc1Cl. The van der Waals surface area contributed by atoms with Crippen LogP contribution < -0.4 is 10.2 Å². The predicted octanol–water partition coefficient (Wildman–Crippen LogP) is 3.52. The van der Waals surface area contributed by atoms with Crippen molar-refractivity contribution in [3.63, 3.8) is 0 Å². The third-order valence-corrected chi connectivity index (χ3v) is 4.30. The summed E-state index contributed by atoms with van der Waals surface area (Å²) in [5.74, 6) is 0. The van der Waals surface area contributed by atoms with Gasteiger partial charge >= 0.3 is 0 Å². The zero-order chi connectivity index (χ0) is 14.7. The summed E-state index contributed by atoms with van der Waals surface area (Å²) >= 11 is 5.96. The lowest BCUT2D eigenvalue weighted by molar-refractivity contribution is 0.526. The Balaban J connectivity index is 1.57. The Morgan fingerprint density at radius 1 is 1.24 bits per heavy atom. The molecule has 2 aromatic heterocycles. The summed E-state index contributed by atoms with van der Waals surface area (Å²) in [6.07, 6.45) is 7.74. The Morgan fingerprint density at radius 3 is 2.62 bits per heavy atom. The Hall–Kier alpha value is -1.81. The third kappa shape index (κ3) is 3.45. The highest BCUT2D eigenvalue weighted by molar-refractivity contribution is 6.30. The largest absolute Gasteiger partial charge is 0.381 e. The number of halogens is 1. The molecule has 1 saturated heterocycles. The van der Waals surface area contributed by atoms with Crippen LogP contribution in [0.25, 0.3) is 0 Å². The minimum atomic E-state index is 0.491. The molecule has 0 aliphatic carbocycles. The molecule has 0 aromatic carbocycles. The van der Waals surface area contributed by atoms with Crippen molar-refractivity contribution in [3.8, 4) is 0 Å². The second kappa shape index (κ2) is 6.31. The van der Waals surface area contributed by atoms with Gasteiger partial charge in [-0.15, -0.1) is 0 Å². The molecule has 1 aliphatic heterocycles. The molecule has 4 nitrogen and oxygen atoms in total. The molecule has 0 amide bonds. The molecular weight excluding hydrogens is 284 g/mol. The first-order valence-corrected chi connectivity index (χ1v) is 7.64.